The van der Waals surface area contributed by atoms with Gasteiger partial charge in [0.05, 0.1) is 22.6 Å². The van der Waals surface area contributed by atoms with Crippen LogP contribution in [0.4, 0.5) is 0 Å². The second-order valence-corrected chi connectivity index (χ2v) is 10.4. The number of carbonyl (C=O) groups excluding carboxylic acids is 2. The molecule has 2 aromatic heterocycles. The van der Waals surface area contributed by atoms with Crippen LogP contribution in [0.3, 0.4) is 0 Å². The molecule has 0 radical (unpaired) electrons. The molecule has 2 amide bonds. The number of benzene rings is 1. The van der Waals surface area contributed by atoms with Gasteiger partial charge in [-0.3, -0.25) is 14.6 Å². The van der Waals surface area contributed by atoms with E-state index in [1.165, 1.54) is 38.5 Å². The molecule has 36 heavy (non-hydrogen) atoms. The summed E-state index contributed by atoms with van der Waals surface area (Å²) in [6, 6.07) is 11.7. The van der Waals surface area contributed by atoms with Crippen LogP contribution >= 0.6 is 0 Å². The first kappa shape index (κ1) is 24.5. The quantitative estimate of drug-likeness (QED) is 0.483. The van der Waals surface area contributed by atoms with Gasteiger partial charge in [0, 0.05) is 24.5 Å². The molecule has 1 atom stereocenters. The lowest BCUT2D eigenvalue weighted by Crippen LogP contribution is -2.50. The molecule has 1 aromatic carbocycles. The molecule has 0 bridgehead atoms. The Morgan fingerprint density at radius 1 is 0.972 bits per heavy atom. The van der Waals surface area contributed by atoms with E-state index in [-0.39, 0.29) is 24.4 Å². The number of hydrogen-bond donors (Lipinski definition) is 1. The summed E-state index contributed by atoms with van der Waals surface area (Å²) in [5, 5.41) is 3.06. The number of rotatable bonds is 7. The van der Waals surface area contributed by atoms with Crippen LogP contribution in [0.2, 0.25) is 0 Å². The van der Waals surface area contributed by atoms with Gasteiger partial charge in [0.1, 0.15) is 12.4 Å². The molecule has 2 aliphatic rings. The standard InChI is InChI=1S/C29H37N5O2/c1-21(31-29(36)22-11-10-18-30-19-22)28-32-25-16-8-9-17-26(25)33(28)20-27(35)34(23-12-4-2-5-13-23)24-14-6-3-7-15-24/h8-11,16-19,21,23-24H,2-7,12-15,20H2,1H3,(H,31,36). The third-order valence-electron chi connectivity index (χ3n) is 7.86. The maximum atomic E-state index is 14.1. The Morgan fingerprint density at radius 2 is 1.64 bits per heavy atom. The Balaban J connectivity index is 1.43. The zero-order chi connectivity index (χ0) is 24.9. The largest absolute Gasteiger partial charge is 0.342 e. The topological polar surface area (TPSA) is 80.1 Å². The van der Waals surface area contributed by atoms with E-state index in [9.17, 15) is 9.59 Å². The van der Waals surface area contributed by atoms with Crippen molar-refractivity contribution >= 4 is 22.8 Å². The molecule has 2 aliphatic carbocycles. The zero-order valence-electron chi connectivity index (χ0n) is 21.2. The van der Waals surface area contributed by atoms with Crippen molar-refractivity contribution in [1.29, 1.82) is 0 Å². The minimum atomic E-state index is -0.365. The third kappa shape index (κ3) is 5.30. The maximum Gasteiger partial charge on any atom is 0.253 e. The highest BCUT2D eigenvalue weighted by Crippen LogP contribution is 2.31. The number of imidazole rings is 1. The van der Waals surface area contributed by atoms with E-state index in [1.807, 2.05) is 35.8 Å². The SMILES string of the molecule is CC(NC(=O)c1cccnc1)c1nc2ccccc2n1CC(=O)N(C1CCCCC1)C1CCCCC1. The Hall–Kier alpha value is -3.22. The fourth-order valence-electron chi connectivity index (χ4n) is 6.07. The molecule has 2 saturated carbocycles. The Labute approximate surface area is 213 Å². The van der Waals surface area contributed by atoms with E-state index in [0.717, 1.165) is 36.7 Å². The summed E-state index contributed by atoms with van der Waals surface area (Å²) in [6.45, 7) is 2.17. The van der Waals surface area contributed by atoms with Gasteiger partial charge in [-0.15, -0.1) is 0 Å². The van der Waals surface area contributed by atoms with E-state index < -0.39 is 0 Å². The molecular weight excluding hydrogens is 450 g/mol. The third-order valence-corrected chi connectivity index (χ3v) is 7.86. The summed E-state index contributed by atoms with van der Waals surface area (Å²) in [5.74, 6) is 0.685. The van der Waals surface area contributed by atoms with Gasteiger partial charge in [-0.2, -0.15) is 0 Å². The molecule has 0 aliphatic heterocycles. The molecular formula is C29H37N5O2. The Morgan fingerprint density at radius 3 is 2.28 bits per heavy atom. The summed E-state index contributed by atoms with van der Waals surface area (Å²) >= 11 is 0. The lowest BCUT2D eigenvalue weighted by Gasteiger charge is -2.42. The van der Waals surface area contributed by atoms with E-state index in [1.54, 1.807) is 24.5 Å². The lowest BCUT2D eigenvalue weighted by atomic mass is 9.88. The van der Waals surface area contributed by atoms with Gasteiger partial charge in [-0.05, 0) is 56.9 Å². The van der Waals surface area contributed by atoms with Crippen molar-refractivity contribution in [2.45, 2.75) is 95.8 Å². The molecule has 190 valence electrons. The Bertz CT molecular complexity index is 1160. The van der Waals surface area contributed by atoms with Crippen LogP contribution in [0.15, 0.2) is 48.8 Å². The number of nitrogens with zero attached hydrogens (tertiary/aromatic N) is 4. The summed E-state index contributed by atoms with van der Waals surface area (Å²) in [4.78, 5) is 38.1. The number of hydrogen-bond acceptors (Lipinski definition) is 4. The highest BCUT2D eigenvalue weighted by Gasteiger charge is 2.33. The Kier molecular flexibility index (Phi) is 7.63. The van der Waals surface area contributed by atoms with Crippen LogP contribution in [0, 0.1) is 0 Å². The zero-order valence-corrected chi connectivity index (χ0v) is 21.2. The monoisotopic (exact) mass is 487 g/mol. The van der Waals surface area contributed by atoms with Gasteiger partial charge in [0.15, 0.2) is 0 Å². The van der Waals surface area contributed by atoms with Crippen LogP contribution in [0.1, 0.15) is 93.4 Å². The van der Waals surface area contributed by atoms with Gasteiger partial charge >= 0.3 is 0 Å². The summed E-state index contributed by atoms with van der Waals surface area (Å²) in [5.41, 5.74) is 2.27. The molecule has 5 rings (SSSR count). The smallest absolute Gasteiger partial charge is 0.253 e. The van der Waals surface area contributed by atoms with Crippen LogP contribution in [0.5, 0.6) is 0 Å². The second kappa shape index (κ2) is 11.2. The lowest BCUT2D eigenvalue weighted by molar-refractivity contribution is -0.138. The van der Waals surface area contributed by atoms with Crippen LogP contribution < -0.4 is 5.32 Å². The van der Waals surface area contributed by atoms with Crippen molar-refractivity contribution in [2.24, 2.45) is 0 Å². The first-order valence-corrected chi connectivity index (χ1v) is 13.6. The molecule has 1 unspecified atom stereocenters. The van der Waals surface area contributed by atoms with Crippen molar-refractivity contribution in [1.82, 2.24) is 24.8 Å². The molecule has 7 nitrogen and oxygen atoms in total. The number of fused-ring (bicyclic) bond motifs is 1. The molecule has 2 fully saturated rings. The average Bonchev–Trinajstić information content (AvgIpc) is 3.29. The van der Waals surface area contributed by atoms with E-state index >= 15 is 0 Å². The number of carbonyl (C=O) groups is 2. The second-order valence-electron chi connectivity index (χ2n) is 10.4. The van der Waals surface area contributed by atoms with E-state index in [2.05, 4.69) is 15.2 Å². The number of amides is 2. The molecule has 0 spiro atoms. The molecule has 7 heteroatoms. The number of para-hydroxylation sites is 2. The predicted octanol–water partition coefficient (Wildman–Crippen LogP) is 5.42. The fraction of sp³-hybridized carbons (Fsp3) is 0.517. The number of pyridine rings is 1. The summed E-state index contributed by atoms with van der Waals surface area (Å²) in [6.07, 6.45) is 15.0. The van der Waals surface area contributed by atoms with Crippen LogP contribution in [-0.4, -0.2) is 43.3 Å². The highest BCUT2D eigenvalue weighted by molar-refractivity contribution is 5.94. The van der Waals surface area contributed by atoms with Crippen LogP contribution in [-0.2, 0) is 11.3 Å². The summed E-state index contributed by atoms with van der Waals surface area (Å²) in [7, 11) is 0. The van der Waals surface area contributed by atoms with Crippen LogP contribution in [0.25, 0.3) is 11.0 Å². The highest BCUT2D eigenvalue weighted by atomic mass is 16.2. The normalized spacial score (nSPS) is 18.1. The van der Waals surface area contributed by atoms with Gasteiger partial charge in [-0.1, -0.05) is 50.7 Å². The minimum absolute atomic E-state index is 0.184. The minimum Gasteiger partial charge on any atom is -0.342 e. The maximum absolute atomic E-state index is 14.1. The van der Waals surface area contributed by atoms with Crippen molar-refractivity contribution < 1.29 is 9.59 Å². The molecule has 1 N–H and O–H groups in total. The molecule has 2 heterocycles. The molecule has 0 saturated heterocycles. The number of nitrogens with one attached hydrogen (secondary N) is 1. The average molecular weight is 488 g/mol. The first-order valence-electron chi connectivity index (χ1n) is 13.6. The predicted molar refractivity (Wildman–Crippen MR) is 140 cm³/mol. The van der Waals surface area contributed by atoms with E-state index in [0.29, 0.717) is 23.5 Å². The van der Waals surface area contributed by atoms with Gasteiger partial charge in [0.2, 0.25) is 5.91 Å². The number of aromatic nitrogens is 3. The van der Waals surface area contributed by atoms with Crippen molar-refractivity contribution in [3.8, 4) is 0 Å². The van der Waals surface area contributed by atoms with Crippen molar-refractivity contribution in [3.05, 3.63) is 60.2 Å². The first-order chi connectivity index (χ1) is 17.6. The fourth-order valence-corrected chi connectivity index (χ4v) is 6.07. The van der Waals surface area contributed by atoms with Gasteiger partial charge in [0.25, 0.3) is 5.91 Å². The summed E-state index contributed by atoms with van der Waals surface area (Å²) < 4.78 is 2.02. The van der Waals surface area contributed by atoms with E-state index in [4.69, 9.17) is 4.98 Å². The van der Waals surface area contributed by atoms with Crippen molar-refractivity contribution in [2.75, 3.05) is 0 Å². The van der Waals surface area contributed by atoms with Gasteiger partial charge in [-0.25, -0.2) is 4.98 Å². The molecule has 3 aromatic rings. The van der Waals surface area contributed by atoms with Gasteiger partial charge < -0.3 is 14.8 Å². The van der Waals surface area contributed by atoms with Crippen molar-refractivity contribution in [3.63, 3.8) is 0 Å².